The normalized spacial score (nSPS) is 31.7. The van der Waals surface area contributed by atoms with Crippen molar-refractivity contribution in [2.24, 2.45) is 5.41 Å². The topological polar surface area (TPSA) is 32.7 Å². The molecule has 1 heterocycles. The molecule has 1 aliphatic carbocycles. The van der Waals surface area contributed by atoms with E-state index in [2.05, 4.69) is 16.7 Å². The van der Waals surface area contributed by atoms with E-state index in [4.69, 9.17) is 4.74 Å². The first-order valence-corrected chi connectivity index (χ1v) is 6.64. The molecule has 2 unspecified atom stereocenters. The average molecular weight is 237 g/mol. The largest absolute Gasteiger partial charge is 0.392 e. The highest BCUT2D eigenvalue weighted by molar-refractivity contribution is 5.07. The molecule has 0 aromatic rings. The van der Waals surface area contributed by atoms with Gasteiger partial charge in [0.25, 0.3) is 0 Å². The second kappa shape index (κ2) is 5.39. The van der Waals surface area contributed by atoms with E-state index in [1.807, 2.05) is 13.8 Å². The molecular formula is C14H23NO2. The number of hydrogen-bond donors (Lipinski definition) is 1. The van der Waals surface area contributed by atoms with Gasteiger partial charge in [-0.25, -0.2) is 0 Å². The summed E-state index contributed by atoms with van der Waals surface area (Å²) in [7, 11) is 0. The molecule has 1 saturated carbocycles. The van der Waals surface area contributed by atoms with Crippen LogP contribution in [0.25, 0.3) is 0 Å². The van der Waals surface area contributed by atoms with Gasteiger partial charge in [-0.3, -0.25) is 4.90 Å². The fraction of sp³-hybridized carbons (Fsp3) is 0.857. The molecule has 1 N–H and O–H groups in total. The third-order valence-electron chi connectivity index (χ3n) is 4.38. The van der Waals surface area contributed by atoms with Crippen LogP contribution in [0.4, 0.5) is 0 Å². The third kappa shape index (κ3) is 2.35. The van der Waals surface area contributed by atoms with Gasteiger partial charge in [0.05, 0.1) is 18.8 Å². The van der Waals surface area contributed by atoms with Gasteiger partial charge in [-0.05, 0) is 39.8 Å². The van der Waals surface area contributed by atoms with Crippen molar-refractivity contribution in [1.82, 2.24) is 4.90 Å². The molecule has 2 aliphatic rings. The maximum atomic E-state index is 10.1. The van der Waals surface area contributed by atoms with Gasteiger partial charge in [-0.1, -0.05) is 5.92 Å². The number of nitrogens with zero attached hydrogens (tertiary/aromatic N) is 1. The summed E-state index contributed by atoms with van der Waals surface area (Å²) in [6, 6.07) is 0. The van der Waals surface area contributed by atoms with Crippen molar-refractivity contribution < 1.29 is 9.84 Å². The Bertz CT molecular complexity index is 308. The summed E-state index contributed by atoms with van der Waals surface area (Å²) < 4.78 is 5.75. The summed E-state index contributed by atoms with van der Waals surface area (Å²) in [4.78, 5) is 2.37. The van der Waals surface area contributed by atoms with E-state index in [1.54, 1.807) is 0 Å². The van der Waals surface area contributed by atoms with Crippen LogP contribution < -0.4 is 0 Å². The number of hydrogen-bond acceptors (Lipinski definition) is 3. The fourth-order valence-electron chi connectivity index (χ4n) is 3.13. The van der Waals surface area contributed by atoms with Crippen LogP contribution in [0.15, 0.2) is 0 Å². The molecule has 0 amide bonds. The third-order valence-corrected chi connectivity index (χ3v) is 4.38. The predicted molar refractivity (Wildman–Crippen MR) is 67.6 cm³/mol. The molecule has 0 aromatic carbocycles. The van der Waals surface area contributed by atoms with Crippen molar-refractivity contribution in [3.63, 3.8) is 0 Å². The molecule has 0 aromatic heterocycles. The number of likely N-dealkylation sites (tertiary alicyclic amines) is 1. The zero-order valence-electron chi connectivity index (χ0n) is 10.9. The van der Waals surface area contributed by atoms with Crippen LogP contribution in [0.1, 0.15) is 33.1 Å². The summed E-state index contributed by atoms with van der Waals surface area (Å²) >= 11 is 0. The zero-order valence-corrected chi connectivity index (χ0v) is 10.9. The minimum absolute atomic E-state index is 0.0478. The molecule has 17 heavy (non-hydrogen) atoms. The van der Waals surface area contributed by atoms with Gasteiger partial charge in [-0.15, -0.1) is 5.92 Å². The highest BCUT2D eigenvalue weighted by Gasteiger charge is 2.55. The lowest BCUT2D eigenvalue weighted by Gasteiger charge is -2.56. The Hall–Kier alpha value is -0.560. The van der Waals surface area contributed by atoms with E-state index in [0.717, 1.165) is 45.5 Å². The predicted octanol–water partition coefficient (Wildman–Crippen LogP) is 1.26. The highest BCUT2D eigenvalue weighted by Crippen LogP contribution is 2.50. The Balaban J connectivity index is 1.89. The molecule has 3 heteroatoms. The van der Waals surface area contributed by atoms with Gasteiger partial charge in [0, 0.05) is 18.4 Å². The van der Waals surface area contributed by atoms with Crippen molar-refractivity contribution in [1.29, 1.82) is 0 Å². The maximum Gasteiger partial charge on any atom is 0.0681 e. The average Bonchev–Trinajstić information content (AvgIpc) is 2.37. The summed E-state index contributed by atoms with van der Waals surface area (Å²) in [5, 5.41) is 10.1. The van der Waals surface area contributed by atoms with E-state index in [0.29, 0.717) is 0 Å². The number of ether oxygens (including phenoxy) is 1. The van der Waals surface area contributed by atoms with Crippen LogP contribution >= 0.6 is 0 Å². The van der Waals surface area contributed by atoms with Crippen LogP contribution in [-0.2, 0) is 4.74 Å². The van der Waals surface area contributed by atoms with Crippen molar-refractivity contribution in [2.75, 3.05) is 26.2 Å². The molecule has 1 saturated heterocycles. The Morgan fingerprint density at radius 3 is 2.65 bits per heavy atom. The summed E-state index contributed by atoms with van der Waals surface area (Å²) in [6.45, 7) is 7.60. The minimum atomic E-state index is -0.154. The van der Waals surface area contributed by atoms with Crippen LogP contribution in [0, 0.1) is 17.3 Å². The number of aliphatic hydroxyl groups excluding tert-OH is 1. The van der Waals surface area contributed by atoms with Crippen molar-refractivity contribution in [3.8, 4) is 11.8 Å². The van der Waals surface area contributed by atoms with Crippen molar-refractivity contribution >= 4 is 0 Å². The van der Waals surface area contributed by atoms with E-state index in [9.17, 15) is 5.11 Å². The first-order chi connectivity index (χ1) is 8.23. The number of piperidine rings is 1. The molecule has 1 aliphatic heterocycles. The number of aliphatic hydroxyl groups is 1. The van der Waals surface area contributed by atoms with E-state index in [-0.39, 0.29) is 17.6 Å². The molecule has 2 atom stereocenters. The minimum Gasteiger partial charge on any atom is -0.392 e. The quantitative estimate of drug-likeness (QED) is 0.750. The van der Waals surface area contributed by atoms with Crippen molar-refractivity contribution in [2.45, 2.75) is 45.3 Å². The van der Waals surface area contributed by atoms with Gasteiger partial charge in [0.1, 0.15) is 0 Å². The molecule has 0 radical (unpaired) electrons. The molecule has 1 spiro atoms. The van der Waals surface area contributed by atoms with E-state index in [1.165, 1.54) is 0 Å². The summed E-state index contributed by atoms with van der Waals surface area (Å²) in [5.41, 5.74) is 0.0478. The van der Waals surface area contributed by atoms with Crippen LogP contribution in [0.3, 0.4) is 0 Å². The molecule has 2 fully saturated rings. The zero-order chi connectivity index (χ0) is 12.3. The molecule has 2 rings (SSSR count). The van der Waals surface area contributed by atoms with Crippen molar-refractivity contribution in [3.05, 3.63) is 0 Å². The summed E-state index contributed by atoms with van der Waals surface area (Å²) in [6.07, 6.45) is 3.04. The molecule has 3 nitrogen and oxygen atoms in total. The van der Waals surface area contributed by atoms with Crippen LogP contribution in [0.5, 0.6) is 0 Å². The standard InChI is InChI=1S/C14H23NO2/c1-3-5-8-15-9-6-14(7-10-15)12(16)11-13(14)17-4-2/h12-13,16H,4,6-11H2,1-2H3. The lowest BCUT2D eigenvalue weighted by molar-refractivity contribution is -0.209. The molecule has 96 valence electrons. The lowest BCUT2D eigenvalue weighted by Crippen LogP contribution is -2.62. The molecular weight excluding hydrogens is 214 g/mol. The van der Waals surface area contributed by atoms with Gasteiger partial charge >= 0.3 is 0 Å². The second-order valence-corrected chi connectivity index (χ2v) is 5.13. The SMILES string of the molecule is CC#CCN1CCC2(CC1)C(O)CC2OCC. The van der Waals surface area contributed by atoms with E-state index < -0.39 is 0 Å². The second-order valence-electron chi connectivity index (χ2n) is 5.13. The van der Waals surface area contributed by atoms with Crippen LogP contribution in [-0.4, -0.2) is 48.5 Å². The van der Waals surface area contributed by atoms with Gasteiger partial charge in [0.15, 0.2) is 0 Å². The summed E-state index contributed by atoms with van der Waals surface area (Å²) in [5.74, 6) is 6.05. The number of rotatable bonds is 3. The van der Waals surface area contributed by atoms with Gasteiger partial charge in [-0.2, -0.15) is 0 Å². The molecule has 0 bridgehead atoms. The Kier molecular flexibility index (Phi) is 4.09. The van der Waals surface area contributed by atoms with Crippen LogP contribution in [0.2, 0.25) is 0 Å². The highest BCUT2D eigenvalue weighted by atomic mass is 16.5. The Morgan fingerprint density at radius 1 is 1.41 bits per heavy atom. The fourth-order valence-corrected chi connectivity index (χ4v) is 3.13. The first kappa shape index (κ1) is 12.9. The lowest BCUT2D eigenvalue weighted by atomic mass is 9.58. The Labute approximate surface area is 104 Å². The van der Waals surface area contributed by atoms with E-state index >= 15 is 0 Å². The van der Waals surface area contributed by atoms with Gasteiger partial charge < -0.3 is 9.84 Å². The monoisotopic (exact) mass is 237 g/mol. The van der Waals surface area contributed by atoms with Gasteiger partial charge in [0.2, 0.25) is 0 Å². The first-order valence-electron chi connectivity index (χ1n) is 6.64. The Morgan fingerprint density at radius 2 is 2.12 bits per heavy atom. The maximum absolute atomic E-state index is 10.1. The smallest absolute Gasteiger partial charge is 0.0681 e.